The average Bonchev–Trinajstić information content (AvgIpc) is 2.81. The van der Waals surface area contributed by atoms with Crippen LogP contribution in [0.5, 0.6) is 0 Å². The van der Waals surface area contributed by atoms with Gasteiger partial charge in [0.25, 0.3) is 0 Å². The smallest absolute Gasteiger partial charge is 0.181 e. The van der Waals surface area contributed by atoms with Crippen molar-refractivity contribution in [3.63, 3.8) is 0 Å². The molecule has 17 heavy (non-hydrogen) atoms. The van der Waals surface area contributed by atoms with Crippen LogP contribution in [0, 0.1) is 5.92 Å². The zero-order chi connectivity index (χ0) is 12.3. The van der Waals surface area contributed by atoms with E-state index in [9.17, 15) is 0 Å². The van der Waals surface area contributed by atoms with Crippen LogP contribution in [0.15, 0.2) is 17.0 Å². The number of hydrazine groups is 1. The lowest BCUT2D eigenvalue weighted by Gasteiger charge is -2.08. The molecular formula is C11H15N5S. The van der Waals surface area contributed by atoms with Crippen LogP contribution in [-0.2, 0) is 6.42 Å². The average molecular weight is 249 g/mol. The van der Waals surface area contributed by atoms with E-state index < -0.39 is 0 Å². The van der Waals surface area contributed by atoms with Gasteiger partial charge in [0.2, 0.25) is 0 Å². The van der Waals surface area contributed by atoms with E-state index in [4.69, 9.17) is 5.84 Å². The molecule has 0 radical (unpaired) electrons. The van der Waals surface area contributed by atoms with Crippen LogP contribution in [0.1, 0.15) is 19.5 Å². The first-order valence-corrected chi connectivity index (χ1v) is 6.36. The van der Waals surface area contributed by atoms with Gasteiger partial charge in [0.15, 0.2) is 5.82 Å². The van der Waals surface area contributed by atoms with Crippen LogP contribution in [-0.4, -0.2) is 15.0 Å². The second-order valence-electron chi connectivity index (χ2n) is 4.18. The molecule has 2 rings (SSSR count). The highest BCUT2D eigenvalue weighted by atomic mass is 32.1. The Bertz CT molecular complexity index is 481. The van der Waals surface area contributed by atoms with Crippen LogP contribution in [0.4, 0.5) is 5.82 Å². The lowest BCUT2D eigenvalue weighted by Crippen LogP contribution is -2.11. The summed E-state index contributed by atoms with van der Waals surface area (Å²) in [5.41, 5.74) is 6.10. The van der Waals surface area contributed by atoms with Gasteiger partial charge in [-0.05, 0) is 12.3 Å². The number of thiazole rings is 1. The van der Waals surface area contributed by atoms with Crippen molar-refractivity contribution in [1.29, 1.82) is 0 Å². The molecule has 90 valence electrons. The molecule has 0 amide bonds. The zero-order valence-electron chi connectivity index (χ0n) is 9.84. The summed E-state index contributed by atoms with van der Waals surface area (Å²) in [7, 11) is 0. The molecule has 0 unspecified atom stereocenters. The lowest BCUT2D eigenvalue weighted by atomic mass is 10.1. The van der Waals surface area contributed by atoms with Gasteiger partial charge in [-0.1, -0.05) is 13.8 Å². The standard InChI is InChI=1S/C11H15N5S/c1-7(2)3-8-4-10(16-12)15-11(14-8)9-5-17-6-13-9/h4-7H,3,12H2,1-2H3,(H,14,15,16). The number of nitrogens with two attached hydrogens (primary N) is 1. The maximum atomic E-state index is 5.41. The molecule has 0 bridgehead atoms. The van der Waals surface area contributed by atoms with E-state index in [1.54, 1.807) is 5.51 Å². The van der Waals surface area contributed by atoms with Crippen molar-refractivity contribution in [3.05, 3.63) is 22.7 Å². The Morgan fingerprint density at radius 1 is 1.41 bits per heavy atom. The number of rotatable bonds is 4. The lowest BCUT2D eigenvalue weighted by molar-refractivity contribution is 0.634. The summed E-state index contributed by atoms with van der Waals surface area (Å²) >= 11 is 1.52. The van der Waals surface area contributed by atoms with E-state index in [1.165, 1.54) is 11.3 Å². The summed E-state index contributed by atoms with van der Waals surface area (Å²) in [6.45, 7) is 4.31. The molecule has 2 aromatic heterocycles. The molecule has 0 fully saturated rings. The third-order valence-electron chi connectivity index (χ3n) is 2.21. The molecule has 2 heterocycles. The highest BCUT2D eigenvalue weighted by Gasteiger charge is 2.09. The Labute approximate surface area is 104 Å². The normalized spacial score (nSPS) is 10.8. The minimum atomic E-state index is 0.541. The first kappa shape index (κ1) is 11.9. The van der Waals surface area contributed by atoms with Gasteiger partial charge >= 0.3 is 0 Å². The van der Waals surface area contributed by atoms with E-state index in [1.807, 2.05) is 11.4 Å². The number of hydrogen-bond acceptors (Lipinski definition) is 6. The van der Waals surface area contributed by atoms with Gasteiger partial charge in [-0.2, -0.15) is 0 Å². The Morgan fingerprint density at radius 3 is 2.82 bits per heavy atom. The molecule has 0 aliphatic carbocycles. The largest absolute Gasteiger partial charge is 0.308 e. The van der Waals surface area contributed by atoms with E-state index in [2.05, 4.69) is 34.2 Å². The fourth-order valence-electron chi connectivity index (χ4n) is 1.53. The molecule has 5 nitrogen and oxygen atoms in total. The van der Waals surface area contributed by atoms with Crippen LogP contribution in [0.3, 0.4) is 0 Å². The SMILES string of the molecule is CC(C)Cc1cc(NN)nc(-c2cscn2)n1. The number of nitrogens with one attached hydrogen (secondary N) is 1. The monoisotopic (exact) mass is 249 g/mol. The van der Waals surface area contributed by atoms with Gasteiger partial charge in [-0.3, -0.25) is 0 Å². The van der Waals surface area contributed by atoms with Crippen molar-refractivity contribution in [2.24, 2.45) is 11.8 Å². The second-order valence-corrected chi connectivity index (χ2v) is 4.90. The minimum absolute atomic E-state index is 0.541. The molecule has 0 aromatic carbocycles. The topological polar surface area (TPSA) is 76.7 Å². The molecule has 0 saturated heterocycles. The van der Waals surface area contributed by atoms with Crippen LogP contribution < -0.4 is 11.3 Å². The van der Waals surface area contributed by atoms with Crippen molar-refractivity contribution < 1.29 is 0 Å². The quantitative estimate of drug-likeness (QED) is 0.641. The molecule has 0 saturated carbocycles. The molecule has 6 heteroatoms. The summed E-state index contributed by atoms with van der Waals surface area (Å²) in [4.78, 5) is 13.0. The summed E-state index contributed by atoms with van der Waals surface area (Å²) in [5, 5.41) is 1.93. The van der Waals surface area contributed by atoms with Crippen LogP contribution >= 0.6 is 11.3 Å². The summed E-state index contributed by atoms with van der Waals surface area (Å²) in [6.07, 6.45) is 0.897. The second kappa shape index (κ2) is 5.20. The summed E-state index contributed by atoms with van der Waals surface area (Å²) in [6, 6.07) is 1.87. The Balaban J connectivity index is 2.38. The minimum Gasteiger partial charge on any atom is -0.308 e. The fraction of sp³-hybridized carbons (Fsp3) is 0.364. The number of hydrogen-bond donors (Lipinski definition) is 2. The van der Waals surface area contributed by atoms with Gasteiger partial charge in [0, 0.05) is 17.1 Å². The fourth-order valence-corrected chi connectivity index (χ4v) is 2.06. The van der Waals surface area contributed by atoms with Gasteiger partial charge in [0.1, 0.15) is 11.5 Å². The molecular weight excluding hydrogens is 234 g/mol. The Hall–Kier alpha value is -1.53. The van der Waals surface area contributed by atoms with E-state index in [0.29, 0.717) is 17.6 Å². The third-order valence-corrected chi connectivity index (χ3v) is 2.79. The summed E-state index contributed by atoms with van der Waals surface area (Å²) in [5.74, 6) is 7.20. The van der Waals surface area contributed by atoms with Gasteiger partial charge in [-0.25, -0.2) is 20.8 Å². The first-order valence-electron chi connectivity index (χ1n) is 5.42. The van der Waals surface area contributed by atoms with Crippen molar-refractivity contribution in [3.8, 4) is 11.5 Å². The molecule has 3 N–H and O–H groups in total. The van der Waals surface area contributed by atoms with Crippen LogP contribution in [0.25, 0.3) is 11.5 Å². The molecule has 0 atom stereocenters. The van der Waals surface area contributed by atoms with Gasteiger partial charge in [0.05, 0.1) is 5.51 Å². The Morgan fingerprint density at radius 2 is 2.24 bits per heavy atom. The molecule has 0 aliphatic rings. The molecule has 2 aromatic rings. The van der Waals surface area contributed by atoms with E-state index in [-0.39, 0.29) is 0 Å². The zero-order valence-corrected chi connectivity index (χ0v) is 10.7. The van der Waals surface area contributed by atoms with Gasteiger partial charge < -0.3 is 5.43 Å². The first-order chi connectivity index (χ1) is 8.19. The maximum Gasteiger partial charge on any atom is 0.181 e. The molecule has 0 spiro atoms. The highest BCUT2D eigenvalue weighted by molar-refractivity contribution is 7.07. The number of aromatic nitrogens is 3. The van der Waals surface area contributed by atoms with Gasteiger partial charge in [-0.15, -0.1) is 11.3 Å². The highest BCUT2D eigenvalue weighted by Crippen LogP contribution is 2.18. The number of nitrogen functional groups attached to an aromatic ring is 1. The van der Waals surface area contributed by atoms with E-state index in [0.717, 1.165) is 17.8 Å². The van der Waals surface area contributed by atoms with Crippen molar-refractivity contribution >= 4 is 17.2 Å². The van der Waals surface area contributed by atoms with Crippen LogP contribution in [0.2, 0.25) is 0 Å². The number of anilines is 1. The summed E-state index contributed by atoms with van der Waals surface area (Å²) < 4.78 is 0. The third kappa shape index (κ3) is 2.98. The predicted molar refractivity (Wildman–Crippen MR) is 69.5 cm³/mol. The van der Waals surface area contributed by atoms with E-state index >= 15 is 0 Å². The number of nitrogens with zero attached hydrogens (tertiary/aromatic N) is 3. The maximum absolute atomic E-state index is 5.41. The predicted octanol–water partition coefficient (Wildman–Crippen LogP) is 2.08. The van der Waals surface area contributed by atoms with Crippen molar-refractivity contribution in [2.45, 2.75) is 20.3 Å². The van der Waals surface area contributed by atoms with Crippen molar-refractivity contribution in [1.82, 2.24) is 15.0 Å². The Kier molecular flexibility index (Phi) is 3.65. The van der Waals surface area contributed by atoms with Crippen molar-refractivity contribution in [2.75, 3.05) is 5.43 Å². The molecule has 0 aliphatic heterocycles.